The van der Waals surface area contributed by atoms with Crippen molar-refractivity contribution in [2.45, 2.75) is 0 Å². The van der Waals surface area contributed by atoms with Gasteiger partial charge in [0.2, 0.25) is 0 Å². The van der Waals surface area contributed by atoms with Crippen LogP contribution in [0.3, 0.4) is 0 Å². The van der Waals surface area contributed by atoms with E-state index in [1.807, 2.05) is 15.9 Å². The first-order chi connectivity index (χ1) is 3.00. The summed E-state index contributed by atoms with van der Waals surface area (Å²) in [5.74, 6) is 0. The topological polar surface area (TPSA) is 94.8 Å². The van der Waals surface area contributed by atoms with Gasteiger partial charge in [-0.05, 0) is 0 Å². The van der Waals surface area contributed by atoms with Gasteiger partial charge in [-0.2, -0.15) is 0 Å². The van der Waals surface area contributed by atoms with Gasteiger partial charge >= 0.3 is 57.2 Å². The van der Waals surface area contributed by atoms with Crippen LogP contribution >= 0.6 is 7.82 Å². The van der Waals surface area contributed by atoms with E-state index in [1.54, 1.807) is 0 Å². The molecule has 0 fully saturated rings. The molecule has 0 aliphatic carbocycles. The Hall–Kier alpha value is 1.43. The predicted molar refractivity (Wildman–Crippen MR) is 22.1 cm³/mol. The van der Waals surface area contributed by atoms with Crippen LogP contribution in [0.2, 0.25) is 0 Å². The Morgan fingerprint density at radius 1 is 1.12 bits per heavy atom. The minimum atomic E-state index is -4.64. The Kier molecular flexibility index (Phi) is 17.1. The van der Waals surface area contributed by atoms with Crippen molar-refractivity contribution < 1.29 is 39.0 Å². The molecule has 0 saturated carbocycles. The summed E-state index contributed by atoms with van der Waals surface area (Å²) in [6, 6.07) is 0. The first-order valence-corrected chi connectivity index (χ1v) is 2.94. The van der Waals surface area contributed by atoms with Crippen LogP contribution in [-0.4, -0.2) is 44.2 Å². The van der Waals surface area contributed by atoms with E-state index in [2.05, 4.69) is 0 Å². The quantitative estimate of drug-likeness (QED) is 0.315. The van der Waals surface area contributed by atoms with Crippen LogP contribution in [0.1, 0.15) is 0 Å². The standard InChI is InChI=1S/Fe.Na.H3O4P.O.H/c;;1-5(2,3)4;;/h;;(H3,1,2,3,4);;. The van der Waals surface area contributed by atoms with Gasteiger partial charge in [-0.1, -0.05) is 0 Å². The molecule has 0 atom stereocenters. The van der Waals surface area contributed by atoms with Gasteiger partial charge in [0.05, 0.1) is 0 Å². The summed E-state index contributed by atoms with van der Waals surface area (Å²) in [5.41, 5.74) is 0. The number of phosphoric acid groups is 1. The van der Waals surface area contributed by atoms with Crippen molar-refractivity contribution in [2.24, 2.45) is 0 Å². The fourth-order valence-corrected chi connectivity index (χ4v) is 0. The minimum absolute atomic E-state index is 0. The van der Waals surface area contributed by atoms with Gasteiger partial charge in [0, 0.05) is 0 Å². The molecule has 0 rings (SSSR count). The molecule has 48 valence electrons. The SMILES string of the molecule is O=P(O)(O)O.[NaH].[O]=[Fe]. The summed E-state index contributed by atoms with van der Waals surface area (Å²) in [6.45, 7) is 0. The Bertz CT molecular complexity index is 68.2. The second kappa shape index (κ2) is 8.43. The Balaban J connectivity index is -0.0000000750. The van der Waals surface area contributed by atoms with Crippen molar-refractivity contribution in [3.63, 3.8) is 0 Å². The molecule has 0 aromatic heterocycles. The normalized spacial score (nSPS) is 8.00. The Morgan fingerprint density at radius 3 is 1.12 bits per heavy atom. The predicted octanol–water partition coefficient (Wildman–Crippen LogP) is -1.70. The maximum atomic E-state index is 8.88. The first-order valence-electron chi connectivity index (χ1n) is 0.927. The molecule has 0 aliphatic heterocycles. The van der Waals surface area contributed by atoms with Gasteiger partial charge in [-0.25, -0.2) is 4.57 Å². The van der Waals surface area contributed by atoms with Crippen molar-refractivity contribution in [2.75, 3.05) is 0 Å². The van der Waals surface area contributed by atoms with E-state index in [4.69, 9.17) is 23.1 Å². The molecule has 0 radical (unpaired) electrons. The molecule has 0 heterocycles. The van der Waals surface area contributed by atoms with E-state index >= 15 is 0 Å². The summed E-state index contributed by atoms with van der Waals surface area (Å²) in [7, 11) is -4.64. The monoisotopic (exact) mass is 194 g/mol. The Labute approximate surface area is 76.0 Å². The van der Waals surface area contributed by atoms with Crippen LogP contribution in [0, 0.1) is 0 Å². The second-order valence-corrected chi connectivity index (χ2v) is 1.54. The van der Waals surface area contributed by atoms with E-state index in [0.717, 1.165) is 0 Å². The van der Waals surface area contributed by atoms with Crippen molar-refractivity contribution in [1.82, 2.24) is 0 Å². The van der Waals surface area contributed by atoms with Crippen LogP contribution < -0.4 is 0 Å². The molecule has 0 bridgehead atoms. The van der Waals surface area contributed by atoms with E-state index in [1.165, 1.54) is 0 Å². The third-order valence-corrected chi connectivity index (χ3v) is 0. The molecule has 8 heavy (non-hydrogen) atoms. The molecule has 0 amide bonds. The molecule has 8 heteroatoms. The molecule has 5 nitrogen and oxygen atoms in total. The van der Waals surface area contributed by atoms with Gasteiger partial charge in [0.25, 0.3) is 0 Å². The molecule has 0 aliphatic rings. The third-order valence-electron chi connectivity index (χ3n) is 0. The number of hydrogen-bond acceptors (Lipinski definition) is 2. The van der Waals surface area contributed by atoms with Crippen LogP contribution in [0.25, 0.3) is 0 Å². The third kappa shape index (κ3) is 150. The van der Waals surface area contributed by atoms with Crippen LogP contribution in [-0.2, 0) is 24.3 Å². The maximum absolute atomic E-state index is 8.88. The van der Waals surface area contributed by atoms with Gasteiger partial charge < -0.3 is 14.7 Å². The van der Waals surface area contributed by atoms with Crippen LogP contribution in [0.15, 0.2) is 0 Å². The van der Waals surface area contributed by atoms with Crippen LogP contribution in [0.4, 0.5) is 0 Å². The second-order valence-electron chi connectivity index (χ2n) is 0.513. The van der Waals surface area contributed by atoms with Crippen molar-refractivity contribution in [3.8, 4) is 0 Å². The van der Waals surface area contributed by atoms with E-state index in [0.29, 0.717) is 0 Å². The fraction of sp³-hybridized carbons (Fsp3) is 0. The average Bonchev–Trinajstić information content (AvgIpc) is 1.36. The number of rotatable bonds is 0. The Morgan fingerprint density at radius 2 is 1.12 bits per heavy atom. The zero-order valence-corrected chi connectivity index (χ0v) is 4.96. The van der Waals surface area contributed by atoms with Crippen molar-refractivity contribution >= 4 is 37.4 Å². The van der Waals surface area contributed by atoms with Crippen LogP contribution in [0.5, 0.6) is 0 Å². The molecule has 0 unspecified atom stereocenters. The zero-order chi connectivity index (χ0) is 6.50. The van der Waals surface area contributed by atoms with Gasteiger partial charge in [-0.3, -0.25) is 0 Å². The van der Waals surface area contributed by atoms with Crippen molar-refractivity contribution in [3.05, 3.63) is 0 Å². The summed E-state index contributed by atoms with van der Waals surface area (Å²) in [5, 5.41) is 0. The van der Waals surface area contributed by atoms with Gasteiger partial charge in [0.1, 0.15) is 0 Å². The summed E-state index contributed by atoms with van der Waals surface area (Å²) in [6.07, 6.45) is 0. The van der Waals surface area contributed by atoms with Gasteiger partial charge in [-0.15, -0.1) is 0 Å². The molecule has 3 N–H and O–H groups in total. The molecule has 0 aromatic rings. The fourth-order valence-electron chi connectivity index (χ4n) is 0. The molecule has 0 spiro atoms. The summed E-state index contributed by atoms with van der Waals surface area (Å²) >= 11 is 2.00. The summed E-state index contributed by atoms with van der Waals surface area (Å²) < 4.78 is 16.9. The first kappa shape index (κ1) is 16.2. The number of hydrogen-bond donors (Lipinski definition) is 3. The molecule has 0 aromatic carbocycles. The van der Waals surface area contributed by atoms with E-state index in [-0.39, 0.29) is 29.6 Å². The summed E-state index contributed by atoms with van der Waals surface area (Å²) in [4.78, 5) is 21.6. The molecular formula is H4FeNaO5P. The van der Waals surface area contributed by atoms with Crippen molar-refractivity contribution in [1.29, 1.82) is 0 Å². The zero-order valence-electron chi connectivity index (χ0n) is 2.96. The molecular weight excluding hydrogens is 190 g/mol. The average molecular weight is 194 g/mol. The van der Waals surface area contributed by atoms with E-state index < -0.39 is 7.82 Å². The molecule has 0 saturated heterocycles. The van der Waals surface area contributed by atoms with Gasteiger partial charge in [0.15, 0.2) is 0 Å². The van der Waals surface area contributed by atoms with E-state index in [9.17, 15) is 0 Å².